The Labute approximate surface area is 155 Å². The molecule has 1 aliphatic carbocycles. The number of thioether (sulfide) groups is 1. The van der Waals surface area contributed by atoms with E-state index in [2.05, 4.69) is 34.2 Å². The van der Waals surface area contributed by atoms with Gasteiger partial charge in [-0.3, -0.25) is 0 Å². The van der Waals surface area contributed by atoms with Gasteiger partial charge in [0.25, 0.3) is 0 Å². The van der Waals surface area contributed by atoms with E-state index in [9.17, 15) is 9.90 Å². The van der Waals surface area contributed by atoms with Crippen molar-refractivity contribution in [3.05, 3.63) is 41.7 Å². The van der Waals surface area contributed by atoms with Crippen molar-refractivity contribution in [3.8, 4) is 5.75 Å². The average molecular weight is 412 g/mol. The van der Waals surface area contributed by atoms with Gasteiger partial charge in [-0.05, 0) is 30.9 Å². The lowest BCUT2D eigenvalue weighted by molar-refractivity contribution is 0.0696. The van der Waals surface area contributed by atoms with E-state index in [4.69, 9.17) is 4.74 Å². The molecule has 2 N–H and O–H groups in total. The quantitative estimate of drug-likeness (QED) is 0.345. The maximum absolute atomic E-state index is 11.4. The lowest BCUT2D eigenvalue weighted by Crippen LogP contribution is -2.10. The molecule has 24 heavy (non-hydrogen) atoms. The molecule has 0 heterocycles. The number of carbonyl (C=O) groups is 1. The topological polar surface area (TPSA) is 58.6 Å². The van der Waals surface area contributed by atoms with Crippen LogP contribution in [-0.4, -0.2) is 28.7 Å². The molecule has 6 heteroatoms. The third-order valence-electron chi connectivity index (χ3n) is 3.60. The Hall–Kier alpha value is -1.40. The standard InChI is InChI=1S/C18H22BrNO3S/c1-3-4-8-20-15-9-12(18(21)22)10-16(24-2)17(15)23-14-7-5-6-13(19)11-14/h5-7,9-10,13,20H,3-4,8,11H2,1-2H3,(H,21,22). The van der Waals surface area contributed by atoms with Crippen LogP contribution in [-0.2, 0) is 0 Å². The Morgan fingerprint density at radius 3 is 2.92 bits per heavy atom. The number of benzene rings is 1. The van der Waals surface area contributed by atoms with Gasteiger partial charge in [0.2, 0.25) is 0 Å². The molecule has 0 saturated carbocycles. The second-order valence-corrected chi connectivity index (χ2v) is 7.50. The molecule has 1 atom stereocenters. The fourth-order valence-electron chi connectivity index (χ4n) is 2.33. The van der Waals surface area contributed by atoms with E-state index >= 15 is 0 Å². The first-order valence-electron chi connectivity index (χ1n) is 7.93. The lowest BCUT2D eigenvalue weighted by Gasteiger charge is -2.20. The van der Waals surface area contributed by atoms with Gasteiger partial charge >= 0.3 is 5.97 Å². The van der Waals surface area contributed by atoms with Gasteiger partial charge < -0.3 is 15.2 Å². The predicted octanol–water partition coefficient (Wildman–Crippen LogP) is 5.30. The van der Waals surface area contributed by atoms with E-state index in [-0.39, 0.29) is 10.4 Å². The zero-order chi connectivity index (χ0) is 17.5. The third-order valence-corrected chi connectivity index (χ3v) is 4.97. The Morgan fingerprint density at radius 2 is 2.29 bits per heavy atom. The van der Waals surface area contributed by atoms with Crippen LogP contribution in [0.1, 0.15) is 36.5 Å². The molecule has 1 aliphatic rings. The SMILES string of the molecule is CCCCNc1cc(C(=O)O)cc(SC)c1OC1=CC=CC(Br)C1. The number of carboxylic acid groups (broad SMARTS) is 1. The number of unbranched alkanes of at least 4 members (excludes halogenated alkanes) is 1. The molecule has 0 aromatic heterocycles. The molecular weight excluding hydrogens is 390 g/mol. The van der Waals surface area contributed by atoms with E-state index in [0.29, 0.717) is 5.75 Å². The Balaban J connectivity index is 2.36. The molecule has 1 unspecified atom stereocenters. The van der Waals surface area contributed by atoms with E-state index < -0.39 is 5.97 Å². The zero-order valence-electron chi connectivity index (χ0n) is 13.8. The van der Waals surface area contributed by atoms with Gasteiger partial charge in [-0.2, -0.15) is 0 Å². The Morgan fingerprint density at radius 1 is 1.50 bits per heavy atom. The first-order chi connectivity index (χ1) is 11.5. The fourth-order valence-corrected chi connectivity index (χ4v) is 3.41. The van der Waals surface area contributed by atoms with E-state index in [1.165, 1.54) is 11.8 Å². The van der Waals surface area contributed by atoms with E-state index in [1.807, 2.05) is 18.4 Å². The maximum atomic E-state index is 11.4. The molecule has 0 fully saturated rings. The van der Waals surface area contributed by atoms with Crippen molar-refractivity contribution in [3.63, 3.8) is 0 Å². The number of ether oxygens (including phenoxy) is 1. The highest BCUT2D eigenvalue weighted by atomic mass is 79.9. The lowest BCUT2D eigenvalue weighted by atomic mass is 10.1. The molecule has 0 radical (unpaired) electrons. The van der Waals surface area contributed by atoms with Crippen LogP contribution in [0.3, 0.4) is 0 Å². The molecule has 0 spiro atoms. The van der Waals surface area contributed by atoms with Crippen molar-refractivity contribution in [1.29, 1.82) is 0 Å². The summed E-state index contributed by atoms with van der Waals surface area (Å²) in [5.74, 6) is 0.622. The monoisotopic (exact) mass is 411 g/mol. The second-order valence-electron chi connectivity index (χ2n) is 5.48. The largest absolute Gasteiger partial charge is 0.478 e. The Bertz CT molecular complexity index is 658. The van der Waals surface area contributed by atoms with Gasteiger partial charge in [0, 0.05) is 17.8 Å². The van der Waals surface area contributed by atoms with Crippen molar-refractivity contribution < 1.29 is 14.6 Å². The van der Waals surface area contributed by atoms with Crippen LogP contribution in [0.15, 0.2) is 41.0 Å². The van der Waals surface area contributed by atoms with Crippen LogP contribution in [0.5, 0.6) is 5.75 Å². The summed E-state index contributed by atoms with van der Waals surface area (Å²) in [7, 11) is 0. The zero-order valence-corrected chi connectivity index (χ0v) is 16.2. The molecule has 0 saturated heterocycles. The summed E-state index contributed by atoms with van der Waals surface area (Å²) >= 11 is 5.06. The van der Waals surface area contributed by atoms with Gasteiger partial charge in [-0.25, -0.2) is 4.79 Å². The number of halogens is 1. The average Bonchev–Trinajstić information content (AvgIpc) is 2.56. The number of nitrogens with one attached hydrogen (secondary N) is 1. The van der Waals surface area contributed by atoms with Gasteiger partial charge in [-0.1, -0.05) is 41.4 Å². The number of hydrogen-bond donors (Lipinski definition) is 2. The van der Waals surface area contributed by atoms with Crippen LogP contribution in [0.2, 0.25) is 0 Å². The van der Waals surface area contributed by atoms with Crippen molar-refractivity contribution in [1.82, 2.24) is 0 Å². The van der Waals surface area contributed by atoms with Gasteiger partial charge in [0.1, 0.15) is 5.76 Å². The predicted molar refractivity (Wildman–Crippen MR) is 104 cm³/mol. The molecule has 2 rings (SSSR count). The summed E-state index contributed by atoms with van der Waals surface area (Å²) < 4.78 is 6.15. The minimum absolute atomic E-state index is 0.255. The smallest absolute Gasteiger partial charge is 0.335 e. The minimum Gasteiger partial charge on any atom is -0.478 e. The van der Waals surface area contributed by atoms with E-state index in [1.54, 1.807) is 12.1 Å². The van der Waals surface area contributed by atoms with Gasteiger partial charge in [-0.15, -0.1) is 11.8 Å². The van der Waals surface area contributed by atoms with Crippen LogP contribution in [0.4, 0.5) is 5.69 Å². The number of allylic oxidation sites excluding steroid dienone is 4. The number of hydrogen-bond acceptors (Lipinski definition) is 4. The highest BCUT2D eigenvalue weighted by Gasteiger charge is 2.18. The molecule has 1 aromatic carbocycles. The molecule has 0 aliphatic heterocycles. The van der Waals surface area contributed by atoms with Gasteiger partial charge in [0.05, 0.1) is 16.1 Å². The highest BCUT2D eigenvalue weighted by Crippen LogP contribution is 2.39. The second kappa shape index (κ2) is 9.18. The van der Waals surface area contributed by atoms with Crippen LogP contribution >= 0.6 is 27.7 Å². The maximum Gasteiger partial charge on any atom is 0.335 e. The first kappa shape index (κ1) is 18.9. The molecule has 130 valence electrons. The Kier molecular flexibility index (Phi) is 7.24. The number of carboxylic acids is 1. The van der Waals surface area contributed by atoms with Crippen LogP contribution < -0.4 is 10.1 Å². The van der Waals surface area contributed by atoms with Gasteiger partial charge in [0.15, 0.2) is 5.75 Å². The number of alkyl halides is 1. The minimum atomic E-state index is -0.935. The normalized spacial score (nSPS) is 16.6. The number of anilines is 1. The van der Waals surface area contributed by atoms with Crippen LogP contribution in [0, 0.1) is 0 Å². The first-order valence-corrected chi connectivity index (χ1v) is 10.1. The summed E-state index contributed by atoms with van der Waals surface area (Å²) in [6, 6.07) is 3.32. The van der Waals surface area contributed by atoms with Crippen LogP contribution in [0.25, 0.3) is 0 Å². The summed E-state index contributed by atoms with van der Waals surface area (Å²) in [6.07, 6.45) is 10.7. The fraction of sp³-hybridized carbons (Fsp3) is 0.389. The summed E-state index contributed by atoms with van der Waals surface area (Å²) in [5.41, 5.74) is 0.996. The van der Waals surface area contributed by atoms with Crippen molar-refractivity contribution in [2.45, 2.75) is 35.9 Å². The molecule has 0 amide bonds. The number of aromatic carboxylic acids is 1. The molecule has 4 nitrogen and oxygen atoms in total. The summed E-state index contributed by atoms with van der Waals surface area (Å²) in [5, 5.41) is 12.7. The van der Waals surface area contributed by atoms with E-state index in [0.717, 1.165) is 42.1 Å². The van der Waals surface area contributed by atoms with Crippen molar-refractivity contribution in [2.24, 2.45) is 0 Å². The summed E-state index contributed by atoms with van der Waals surface area (Å²) in [4.78, 5) is 12.5. The van der Waals surface area contributed by atoms with Crippen molar-refractivity contribution in [2.75, 3.05) is 18.1 Å². The summed E-state index contributed by atoms with van der Waals surface area (Å²) in [6.45, 7) is 2.90. The third kappa shape index (κ3) is 5.05. The molecule has 1 aromatic rings. The molecule has 0 bridgehead atoms. The molecular formula is C18H22BrNO3S. The van der Waals surface area contributed by atoms with Crippen molar-refractivity contribution >= 4 is 39.3 Å². The highest BCUT2D eigenvalue weighted by molar-refractivity contribution is 9.09. The number of rotatable bonds is 8.